The molecule has 0 fully saturated rings. The van der Waals surface area contributed by atoms with E-state index in [1.807, 2.05) is 6.20 Å². The molecule has 0 aliphatic heterocycles. The van der Waals surface area contributed by atoms with Crippen LogP contribution in [0.3, 0.4) is 0 Å². The van der Waals surface area contributed by atoms with Crippen LogP contribution in [0.25, 0.3) is 0 Å². The average Bonchev–Trinajstić information content (AvgIpc) is 2.23. The van der Waals surface area contributed by atoms with Crippen LogP contribution in [0.1, 0.15) is 54.0 Å². The van der Waals surface area contributed by atoms with Gasteiger partial charge in [0.05, 0.1) is 0 Å². The molecule has 1 aromatic rings. The maximum absolute atomic E-state index is 5.89. The summed E-state index contributed by atoms with van der Waals surface area (Å²) in [5.74, 6) is 0.718. The minimum Gasteiger partial charge on any atom is -0.473 e. The summed E-state index contributed by atoms with van der Waals surface area (Å²) in [6.07, 6.45) is 2.97. The fraction of sp³-hybridized carbons (Fsp3) is 0.706. The first-order valence-electron chi connectivity index (χ1n) is 7.42. The van der Waals surface area contributed by atoms with Gasteiger partial charge in [0, 0.05) is 24.3 Å². The van der Waals surface area contributed by atoms with Gasteiger partial charge in [0.2, 0.25) is 5.88 Å². The van der Waals surface area contributed by atoms with Gasteiger partial charge in [-0.1, -0.05) is 20.8 Å². The van der Waals surface area contributed by atoms with E-state index in [9.17, 15) is 0 Å². The molecule has 1 heterocycles. The molecule has 0 spiro atoms. The van der Waals surface area contributed by atoms with Crippen molar-refractivity contribution >= 4 is 0 Å². The Hall–Kier alpha value is -1.09. The summed E-state index contributed by atoms with van der Waals surface area (Å²) in [7, 11) is 0. The van der Waals surface area contributed by atoms with Crippen LogP contribution in [0.5, 0.6) is 5.88 Å². The monoisotopic (exact) mass is 278 g/mol. The molecule has 1 N–H and O–H groups in total. The highest BCUT2D eigenvalue weighted by atomic mass is 16.5. The van der Waals surface area contributed by atoms with Gasteiger partial charge in [0.1, 0.15) is 6.10 Å². The Labute approximate surface area is 124 Å². The maximum Gasteiger partial charge on any atom is 0.213 e. The van der Waals surface area contributed by atoms with Crippen LogP contribution in [0.2, 0.25) is 0 Å². The van der Waals surface area contributed by atoms with Crippen molar-refractivity contribution < 1.29 is 4.74 Å². The molecule has 0 bridgehead atoms. The van der Waals surface area contributed by atoms with Gasteiger partial charge in [0.15, 0.2) is 0 Å². The second-order valence-corrected chi connectivity index (χ2v) is 7.80. The van der Waals surface area contributed by atoms with E-state index in [0.29, 0.717) is 0 Å². The van der Waals surface area contributed by atoms with Gasteiger partial charge in [0.25, 0.3) is 0 Å². The van der Waals surface area contributed by atoms with E-state index in [-0.39, 0.29) is 17.1 Å². The molecule has 0 saturated heterocycles. The quantitative estimate of drug-likeness (QED) is 0.889. The van der Waals surface area contributed by atoms with Crippen LogP contribution in [0, 0.1) is 5.41 Å². The van der Waals surface area contributed by atoms with Gasteiger partial charge in [-0.15, -0.1) is 0 Å². The zero-order valence-corrected chi connectivity index (χ0v) is 14.1. The number of rotatable bonds is 5. The standard InChI is InChI=1S/C17H30N2O/c1-13(12-19-17(5,6)7)20-15-10-14(8-9-18-15)11-16(2,3)4/h8-10,13,19H,11-12H2,1-7H3/t13-/m0/s1. The van der Waals surface area contributed by atoms with E-state index in [1.165, 1.54) is 5.56 Å². The van der Waals surface area contributed by atoms with E-state index in [0.717, 1.165) is 18.8 Å². The molecule has 1 rings (SSSR count). The second kappa shape index (κ2) is 6.57. The molecule has 0 amide bonds. The Bertz CT molecular complexity index is 416. The highest BCUT2D eigenvalue weighted by Crippen LogP contribution is 2.22. The normalized spacial score (nSPS) is 14.2. The van der Waals surface area contributed by atoms with E-state index in [4.69, 9.17) is 4.74 Å². The number of hydrogen-bond donors (Lipinski definition) is 1. The third-order valence-electron chi connectivity index (χ3n) is 2.78. The lowest BCUT2D eigenvalue weighted by atomic mass is 9.88. The minimum absolute atomic E-state index is 0.103. The van der Waals surface area contributed by atoms with Gasteiger partial charge >= 0.3 is 0 Å². The zero-order valence-electron chi connectivity index (χ0n) is 14.1. The van der Waals surface area contributed by atoms with Gasteiger partial charge in [-0.2, -0.15) is 0 Å². The van der Waals surface area contributed by atoms with Crippen molar-refractivity contribution in [3.8, 4) is 5.88 Å². The Kier molecular flexibility index (Phi) is 5.58. The largest absolute Gasteiger partial charge is 0.473 e. The molecule has 1 atom stereocenters. The van der Waals surface area contributed by atoms with Crippen molar-refractivity contribution in [2.45, 2.75) is 66.5 Å². The van der Waals surface area contributed by atoms with E-state index < -0.39 is 0 Å². The highest BCUT2D eigenvalue weighted by Gasteiger charge is 2.14. The summed E-state index contributed by atoms with van der Waals surface area (Å²) in [5, 5.41) is 3.44. The van der Waals surface area contributed by atoms with Gasteiger partial charge in [-0.25, -0.2) is 4.98 Å². The van der Waals surface area contributed by atoms with Crippen LogP contribution in [0.4, 0.5) is 0 Å². The molecule has 0 unspecified atom stereocenters. The summed E-state index contributed by atoms with van der Waals surface area (Å²) in [5.41, 5.74) is 1.66. The number of pyridine rings is 1. The lowest BCUT2D eigenvalue weighted by molar-refractivity contribution is 0.195. The summed E-state index contributed by atoms with van der Waals surface area (Å²) in [6.45, 7) is 16.1. The molecule has 0 saturated carbocycles. The first-order valence-corrected chi connectivity index (χ1v) is 7.42. The van der Waals surface area contributed by atoms with Crippen molar-refractivity contribution in [3.63, 3.8) is 0 Å². The molecular formula is C17H30N2O. The van der Waals surface area contributed by atoms with Crippen LogP contribution in [-0.2, 0) is 6.42 Å². The fourth-order valence-electron chi connectivity index (χ4n) is 1.93. The number of nitrogens with zero attached hydrogens (tertiary/aromatic N) is 1. The average molecular weight is 278 g/mol. The van der Waals surface area contributed by atoms with Crippen molar-refractivity contribution in [1.82, 2.24) is 10.3 Å². The van der Waals surface area contributed by atoms with Gasteiger partial charge in [-0.05, 0) is 51.2 Å². The molecule has 0 aliphatic carbocycles. The molecule has 0 aromatic carbocycles. The Morgan fingerprint density at radius 3 is 2.40 bits per heavy atom. The van der Waals surface area contributed by atoms with Gasteiger partial charge < -0.3 is 10.1 Å². The second-order valence-electron chi connectivity index (χ2n) is 7.80. The SMILES string of the molecule is C[C@@H](CNC(C)(C)C)Oc1cc(CC(C)(C)C)ccn1. The van der Waals surface area contributed by atoms with Crippen molar-refractivity contribution in [2.75, 3.05) is 6.54 Å². The Balaban J connectivity index is 2.57. The number of ether oxygens (including phenoxy) is 1. The van der Waals surface area contributed by atoms with Crippen LogP contribution < -0.4 is 10.1 Å². The zero-order chi connectivity index (χ0) is 15.4. The molecule has 1 aromatic heterocycles. The fourth-order valence-corrected chi connectivity index (χ4v) is 1.93. The lowest BCUT2D eigenvalue weighted by Crippen LogP contribution is -2.41. The van der Waals surface area contributed by atoms with Crippen LogP contribution >= 0.6 is 0 Å². The molecular weight excluding hydrogens is 248 g/mol. The highest BCUT2D eigenvalue weighted by molar-refractivity contribution is 5.21. The topological polar surface area (TPSA) is 34.1 Å². The smallest absolute Gasteiger partial charge is 0.213 e. The third-order valence-corrected chi connectivity index (χ3v) is 2.78. The summed E-state index contributed by atoms with van der Waals surface area (Å²) < 4.78 is 5.89. The Morgan fingerprint density at radius 2 is 1.85 bits per heavy atom. The molecule has 3 heteroatoms. The third kappa shape index (κ3) is 7.49. The molecule has 3 nitrogen and oxygen atoms in total. The minimum atomic E-state index is 0.103. The summed E-state index contributed by atoms with van der Waals surface area (Å²) in [6, 6.07) is 4.12. The Morgan fingerprint density at radius 1 is 1.20 bits per heavy atom. The molecule has 0 aliphatic rings. The molecule has 114 valence electrons. The van der Waals surface area contributed by atoms with Crippen molar-refractivity contribution in [2.24, 2.45) is 5.41 Å². The van der Waals surface area contributed by atoms with Crippen LogP contribution in [0.15, 0.2) is 18.3 Å². The number of aromatic nitrogens is 1. The van der Waals surface area contributed by atoms with Crippen LogP contribution in [-0.4, -0.2) is 23.2 Å². The predicted octanol–water partition coefficient (Wildman–Crippen LogP) is 3.83. The van der Waals surface area contributed by atoms with E-state index in [1.54, 1.807) is 0 Å². The number of hydrogen-bond acceptors (Lipinski definition) is 3. The van der Waals surface area contributed by atoms with E-state index >= 15 is 0 Å². The first-order chi connectivity index (χ1) is 9.05. The maximum atomic E-state index is 5.89. The van der Waals surface area contributed by atoms with E-state index in [2.05, 4.69) is 70.9 Å². The van der Waals surface area contributed by atoms with Crippen molar-refractivity contribution in [3.05, 3.63) is 23.9 Å². The molecule has 0 radical (unpaired) electrons. The summed E-state index contributed by atoms with van der Waals surface area (Å²) >= 11 is 0. The lowest BCUT2D eigenvalue weighted by Gasteiger charge is -2.24. The van der Waals surface area contributed by atoms with Crippen molar-refractivity contribution in [1.29, 1.82) is 0 Å². The predicted molar refractivity (Wildman–Crippen MR) is 85.2 cm³/mol. The number of nitrogens with one attached hydrogen (secondary N) is 1. The van der Waals surface area contributed by atoms with Gasteiger partial charge in [-0.3, -0.25) is 0 Å². The summed E-state index contributed by atoms with van der Waals surface area (Å²) in [4.78, 5) is 4.30. The first kappa shape index (κ1) is 17.0. The molecule has 20 heavy (non-hydrogen) atoms.